The lowest BCUT2D eigenvalue weighted by atomic mass is 9.95. The number of anilines is 1. The molecule has 1 aliphatic rings. The largest absolute Gasteiger partial charge is 0.424 e. The molecule has 1 atom stereocenters. The maximum Gasteiger partial charge on any atom is 0.321 e. The Morgan fingerprint density at radius 1 is 1.19 bits per heavy atom. The van der Waals surface area contributed by atoms with Gasteiger partial charge in [0.05, 0.1) is 5.39 Å². The van der Waals surface area contributed by atoms with Gasteiger partial charge in [-0.05, 0) is 36.3 Å². The van der Waals surface area contributed by atoms with Crippen LogP contribution in [-0.2, 0) is 4.79 Å². The molecule has 1 amide bonds. The van der Waals surface area contributed by atoms with Gasteiger partial charge >= 0.3 is 6.01 Å². The smallest absolute Gasteiger partial charge is 0.321 e. The van der Waals surface area contributed by atoms with Crippen LogP contribution in [0.2, 0.25) is 0 Å². The standard InChI is InChI=1S/C23H21N7O2/c1-2-17(31)30-11-8-15(12-30)20-18(19-21(24)27-13-28-22(19)29-20)14-4-6-16(7-5-14)32-23-25-9-3-10-26-23/h2-7,9-10,13,15H,1,8,11-12H2,(H3,24,27,28,29). The van der Waals surface area contributed by atoms with Crippen LogP contribution >= 0.6 is 0 Å². The topological polar surface area (TPSA) is 123 Å². The lowest BCUT2D eigenvalue weighted by molar-refractivity contribution is -0.125. The maximum atomic E-state index is 12.1. The van der Waals surface area contributed by atoms with Crippen molar-refractivity contribution in [3.8, 4) is 22.9 Å². The van der Waals surface area contributed by atoms with E-state index >= 15 is 0 Å². The zero-order valence-corrected chi connectivity index (χ0v) is 17.2. The molecule has 1 fully saturated rings. The quantitative estimate of drug-likeness (QED) is 0.469. The minimum Gasteiger partial charge on any atom is -0.424 e. The van der Waals surface area contributed by atoms with Gasteiger partial charge in [0.2, 0.25) is 5.91 Å². The van der Waals surface area contributed by atoms with Crippen LogP contribution in [0.25, 0.3) is 22.2 Å². The number of aromatic amines is 1. The van der Waals surface area contributed by atoms with Gasteiger partial charge in [-0.1, -0.05) is 18.7 Å². The summed E-state index contributed by atoms with van der Waals surface area (Å²) in [5.41, 5.74) is 9.80. The molecule has 4 heterocycles. The number of H-pyrrole nitrogens is 1. The van der Waals surface area contributed by atoms with Crippen molar-refractivity contribution in [1.82, 2.24) is 29.8 Å². The number of ether oxygens (including phenoxy) is 1. The van der Waals surface area contributed by atoms with Gasteiger partial charge in [-0.3, -0.25) is 4.79 Å². The Morgan fingerprint density at radius 2 is 1.97 bits per heavy atom. The second-order valence-electron chi connectivity index (χ2n) is 7.53. The monoisotopic (exact) mass is 427 g/mol. The predicted molar refractivity (Wildman–Crippen MR) is 120 cm³/mol. The molecule has 5 rings (SSSR count). The molecule has 0 spiro atoms. The Balaban J connectivity index is 1.53. The molecule has 9 heteroatoms. The van der Waals surface area contributed by atoms with Crippen LogP contribution in [0.3, 0.4) is 0 Å². The third-order valence-electron chi connectivity index (χ3n) is 5.63. The summed E-state index contributed by atoms with van der Waals surface area (Å²) >= 11 is 0. The Kier molecular flexibility index (Phi) is 4.98. The fraction of sp³-hybridized carbons (Fsp3) is 0.174. The van der Waals surface area contributed by atoms with Crippen molar-refractivity contribution >= 4 is 22.8 Å². The van der Waals surface area contributed by atoms with Gasteiger partial charge < -0.3 is 20.4 Å². The molecule has 4 aromatic rings. The van der Waals surface area contributed by atoms with Gasteiger partial charge in [-0.25, -0.2) is 19.9 Å². The van der Waals surface area contributed by atoms with Crippen LogP contribution < -0.4 is 10.5 Å². The fourth-order valence-corrected chi connectivity index (χ4v) is 4.13. The number of hydrogen-bond acceptors (Lipinski definition) is 7. The molecule has 3 aromatic heterocycles. The van der Waals surface area contributed by atoms with Gasteiger partial charge in [-0.15, -0.1) is 0 Å². The molecular weight excluding hydrogens is 406 g/mol. The summed E-state index contributed by atoms with van der Waals surface area (Å²) < 4.78 is 5.71. The first-order valence-corrected chi connectivity index (χ1v) is 10.2. The zero-order valence-electron chi connectivity index (χ0n) is 17.2. The van der Waals surface area contributed by atoms with E-state index in [1.54, 1.807) is 23.4 Å². The minimum atomic E-state index is -0.0610. The van der Waals surface area contributed by atoms with Crippen molar-refractivity contribution in [2.24, 2.45) is 0 Å². The van der Waals surface area contributed by atoms with Gasteiger partial charge in [0, 0.05) is 42.7 Å². The third kappa shape index (κ3) is 3.53. The summed E-state index contributed by atoms with van der Waals surface area (Å²) in [6.07, 6.45) is 6.88. The number of nitrogens with two attached hydrogens (primary N) is 1. The lowest BCUT2D eigenvalue weighted by Crippen LogP contribution is -2.26. The summed E-state index contributed by atoms with van der Waals surface area (Å²) in [6.45, 7) is 4.88. The van der Waals surface area contributed by atoms with E-state index < -0.39 is 0 Å². The van der Waals surface area contributed by atoms with Gasteiger partial charge in [-0.2, -0.15) is 0 Å². The molecule has 0 bridgehead atoms. The van der Waals surface area contributed by atoms with Crippen LogP contribution in [0.1, 0.15) is 18.0 Å². The van der Waals surface area contributed by atoms with Crippen LogP contribution in [0.4, 0.5) is 5.82 Å². The predicted octanol–water partition coefficient (Wildman–Crippen LogP) is 3.29. The summed E-state index contributed by atoms with van der Waals surface area (Å²) in [5.74, 6) is 1.09. The number of benzene rings is 1. The molecule has 0 saturated carbocycles. The number of carbonyl (C=O) groups excluding carboxylic acids is 1. The molecule has 3 N–H and O–H groups in total. The van der Waals surface area contributed by atoms with Crippen molar-refractivity contribution in [2.45, 2.75) is 12.3 Å². The molecule has 160 valence electrons. The molecule has 1 saturated heterocycles. The highest BCUT2D eigenvalue weighted by molar-refractivity contribution is 6.02. The highest BCUT2D eigenvalue weighted by Gasteiger charge is 2.31. The van der Waals surface area contributed by atoms with Gasteiger partial charge in [0.25, 0.3) is 0 Å². The first-order chi connectivity index (χ1) is 15.6. The van der Waals surface area contributed by atoms with Crippen LogP contribution in [-0.4, -0.2) is 48.8 Å². The Labute approximate surface area is 184 Å². The highest BCUT2D eigenvalue weighted by Crippen LogP contribution is 2.41. The minimum absolute atomic E-state index is 0.0610. The zero-order chi connectivity index (χ0) is 22.1. The number of nitrogens with zero attached hydrogens (tertiary/aromatic N) is 5. The Morgan fingerprint density at radius 3 is 2.72 bits per heavy atom. The number of fused-ring (bicyclic) bond motifs is 1. The summed E-state index contributed by atoms with van der Waals surface area (Å²) in [5, 5.41) is 0.774. The number of likely N-dealkylation sites (tertiary alicyclic amines) is 1. The number of amides is 1. The summed E-state index contributed by atoms with van der Waals surface area (Å²) in [4.78, 5) is 34.1. The first-order valence-electron chi connectivity index (χ1n) is 10.2. The van der Waals surface area contributed by atoms with Crippen molar-refractivity contribution in [1.29, 1.82) is 0 Å². The van der Waals surface area contributed by atoms with Crippen molar-refractivity contribution in [3.05, 3.63) is 67.4 Å². The average molecular weight is 427 g/mol. The second-order valence-corrected chi connectivity index (χ2v) is 7.53. The molecule has 9 nitrogen and oxygen atoms in total. The molecular formula is C23H21N7O2. The molecule has 0 radical (unpaired) electrons. The maximum absolute atomic E-state index is 12.1. The molecule has 0 aliphatic carbocycles. The average Bonchev–Trinajstić information content (AvgIpc) is 3.46. The van der Waals surface area contributed by atoms with Crippen LogP contribution in [0, 0.1) is 0 Å². The number of hydrogen-bond donors (Lipinski definition) is 2. The van der Waals surface area contributed by atoms with E-state index in [1.165, 1.54) is 12.4 Å². The Hall–Kier alpha value is -4.27. The first kappa shape index (κ1) is 19.7. The summed E-state index contributed by atoms with van der Waals surface area (Å²) in [6, 6.07) is 9.64. The number of carbonyl (C=O) groups is 1. The lowest BCUT2D eigenvalue weighted by Gasteiger charge is -2.15. The van der Waals surface area contributed by atoms with Crippen molar-refractivity contribution < 1.29 is 9.53 Å². The van der Waals surface area contributed by atoms with Crippen LogP contribution in [0.15, 0.2) is 61.7 Å². The van der Waals surface area contributed by atoms with Crippen molar-refractivity contribution in [3.63, 3.8) is 0 Å². The Bertz CT molecular complexity index is 1290. The van der Waals surface area contributed by atoms with Crippen molar-refractivity contribution in [2.75, 3.05) is 18.8 Å². The molecule has 1 aliphatic heterocycles. The summed E-state index contributed by atoms with van der Waals surface area (Å²) in [7, 11) is 0. The van der Waals surface area contributed by atoms with Crippen LogP contribution in [0.5, 0.6) is 11.8 Å². The molecule has 1 aromatic carbocycles. The SMILES string of the molecule is C=CC(=O)N1CCC(c2[nH]c3ncnc(N)c3c2-c2ccc(Oc3ncccn3)cc2)C1. The van der Waals surface area contributed by atoms with Gasteiger partial charge in [0.1, 0.15) is 23.5 Å². The van der Waals surface area contributed by atoms with Gasteiger partial charge in [0.15, 0.2) is 0 Å². The molecule has 32 heavy (non-hydrogen) atoms. The normalized spacial score (nSPS) is 15.8. The fourth-order valence-electron chi connectivity index (χ4n) is 4.13. The molecule has 1 unspecified atom stereocenters. The van der Waals surface area contributed by atoms with E-state index in [0.717, 1.165) is 28.6 Å². The van der Waals surface area contributed by atoms with E-state index in [-0.39, 0.29) is 17.8 Å². The second kappa shape index (κ2) is 8.10. The number of nitrogen functional groups attached to an aromatic ring is 1. The van der Waals surface area contributed by atoms with E-state index in [9.17, 15) is 4.79 Å². The number of nitrogens with one attached hydrogen (secondary N) is 1. The van der Waals surface area contributed by atoms with E-state index in [4.69, 9.17) is 10.5 Å². The number of aromatic nitrogens is 5. The van der Waals surface area contributed by atoms with E-state index in [2.05, 4.69) is 31.5 Å². The van der Waals surface area contributed by atoms with E-state index in [1.807, 2.05) is 24.3 Å². The highest BCUT2D eigenvalue weighted by atomic mass is 16.5. The number of rotatable bonds is 5. The van der Waals surface area contributed by atoms with E-state index in [0.29, 0.717) is 30.3 Å². The third-order valence-corrected chi connectivity index (χ3v) is 5.63.